The minimum absolute atomic E-state index is 0.0539. The van der Waals surface area contributed by atoms with Gasteiger partial charge in [-0.1, -0.05) is 44.2 Å². The van der Waals surface area contributed by atoms with E-state index in [9.17, 15) is 9.59 Å². The Bertz CT molecular complexity index is 994. The normalized spacial score (nSPS) is 12.0. The Hall–Kier alpha value is -3.28. The molecule has 1 aromatic heterocycles. The summed E-state index contributed by atoms with van der Waals surface area (Å²) in [5.41, 5.74) is 2.64. The second-order valence-corrected chi connectivity index (χ2v) is 7.30. The predicted octanol–water partition coefficient (Wildman–Crippen LogP) is 3.29. The number of nitrogens with one attached hydrogen (secondary N) is 3. The van der Waals surface area contributed by atoms with Gasteiger partial charge in [-0.2, -0.15) is 0 Å². The highest BCUT2D eigenvalue weighted by atomic mass is 16.5. The van der Waals surface area contributed by atoms with Gasteiger partial charge in [-0.15, -0.1) is 0 Å². The van der Waals surface area contributed by atoms with E-state index in [0.717, 1.165) is 16.5 Å². The molecule has 1 heterocycles. The third-order valence-electron chi connectivity index (χ3n) is 4.96. The van der Waals surface area contributed by atoms with E-state index in [0.29, 0.717) is 24.3 Å². The maximum Gasteiger partial charge on any atom is 0.255 e. The number of aromatic nitrogens is 1. The molecule has 3 N–H and O–H groups in total. The summed E-state index contributed by atoms with van der Waals surface area (Å²) in [6.45, 7) is 4.31. The van der Waals surface area contributed by atoms with Crippen LogP contribution >= 0.6 is 0 Å². The Labute approximate surface area is 170 Å². The monoisotopic (exact) mass is 393 g/mol. The van der Waals surface area contributed by atoms with Crippen molar-refractivity contribution in [3.63, 3.8) is 0 Å². The van der Waals surface area contributed by atoms with Crippen LogP contribution in [0.4, 0.5) is 0 Å². The van der Waals surface area contributed by atoms with Gasteiger partial charge in [0.2, 0.25) is 5.91 Å². The third-order valence-corrected chi connectivity index (χ3v) is 4.96. The number of ether oxygens (including phenoxy) is 1. The summed E-state index contributed by atoms with van der Waals surface area (Å²) in [7, 11) is 1.52. The molecule has 0 fully saturated rings. The summed E-state index contributed by atoms with van der Waals surface area (Å²) in [5.74, 6) is -0.0926. The number of para-hydroxylation sites is 2. The van der Waals surface area contributed by atoms with Crippen LogP contribution in [0, 0.1) is 5.92 Å². The Morgan fingerprint density at radius 2 is 1.79 bits per heavy atom. The molecule has 1 atom stereocenters. The number of carbonyl (C=O) groups is 2. The number of methoxy groups -OCH3 is 1. The first-order valence-corrected chi connectivity index (χ1v) is 9.78. The van der Waals surface area contributed by atoms with E-state index in [1.807, 2.05) is 38.2 Å². The van der Waals surface area contributed by atoms with Crippen LogP contribution in [0.2, 0.25) is 0 Å². The largest absolute Gasteiger partial charge is 0.496 e. The molecule has 152 valence electrons. The van der Waals surface area contributed by atoms with Gasteiger partial charge in [0.05, 0.1) is 12.7 Å². The molecule has 3 aromatic rings. The Morgan fingerprint density at radius 3 is 2.55 bits per heavy atom. The molecule has 0 aliphatic carbocycles. The fraction of sp³-hybridized carbons (Fsp3) is 0.304. The lowest BCUT2D eigenvalue weighted by Crippen LogP contribution is -2.50. The Balaban J connectivity index is 1.61. The summed E-state index contributed by atoms with van der Waals surface area (Å²) < 4.78 is 5.25. The van der Waals surface area contributed by atoms with Crippen LogP contribution in [0.5, 0.6) is 5.75 Å². The molecule has 0 unspecified atom stereocenters. The zero-order valence-corrected chi connectivity index (χ0v) is 17.0. The fourth-order valence-electron chi connectivity index (χ4n) is 3.35. The molecule has 2 amide bonds. The number of amides is 2. The lowest BCUT2D eigenvalue weighted by Gasteiger charge is -2.22. The van der Waals surface area contributed by atoms with Crippen molar-refractivity contribution in [3.8, 4) is 5.75 Å². The molecule has 0 saturated heterocycles. The van der Waals surface area contributed by atoms with Gasteiger partial charge in [-0.05, 0) is 36.1 Å². The van der Waals surface area contributed by atoms with Crippen LogP contribution in [-0.4, -0.2) is 36.5 Å². The fourth-order valence-corrected chi connectivity index (χ4v) is 3.35. The number of rotatable bonds is 8. The van der Waals surface area contributed by atoms with Crippen molar-refractivity contribution in [2.75, 3.05) is 13.7 Å². The quantitative estimate of drug-likeness (QED) is 0.549. The van der Waals surface area contributed by atoms with Crippen LogP contribution in [0.1, 0.15) is 29.8 Å². The molecule has 29 heavy (non-hydrogen) atoms. The van der Waals surface area contributed by atoms with Crippen molar-refractivity contribution in [1.82, 2.24) is 15.6 Å². The molecular weight excluding hydrogens is 366 g/mol. The Kier molecular flexibility index (Phi) is 6.54. The molecule has 0 aliphatic heterocycles. The zero-order chi connectivity index (χ0) is 20.8. The van der Waals surface area contributed by atoms with Crippen LogP contribution in [0.25, 0.3) is 10.9 Å². The van der Waals surface area contributed by atoms with Crippen molar-refractivity contribution in [2.24, 2.45) is 5.92 Å². The van der Waals surface area contributed by atoms with E-state index in [1.54, 1.807) is 24.3 Å². The lowest BCUT2D eigenvalue weighted by molar-refractivity contribution is -0.123. The molecular formula is C23H27N3O3. The minimum Gasteiger partial charge on any atom is -0.496 e. The molecule has 3 rings (SSSR count). The van der Waals surface area contributed by atoms with E-state index >= 15 is 0 Å². The highest BCUT2D eigenvalue weighted by Gasteiger charge is 2.25. The average Bonchev–Trinajstić information content (AvgIpc) is 3.14. The minimum atomic E-state index is -0.629. The van der Waals surface area contributed by atoms with Gasteiger partial charge in [0.1, 0.15) is 11.8 Å². The molecule has 6 nitrogen and oxygen atoms in total. The number of hydrogen-bond acceptors (Lipinski definition) is 3. The maximum atomic E-state index is 12.7. The smallest absolute Gasteiger partial charge is 0.255 e. The van der Waals surface area contributed by atoms with E-state index in [1.165, 1.54) is 7.11 Å². The van der Waals surface area contributed by atoms with Crippen LogP contribution in [-0.2, 0) is 11.2 Å². The Morgan fingerprint density at radius 1 is 1.07 bits per heavy atom. The van der Waals surface area contributed by atoms with E-state index in [-0.39, 0.29) is 17.7 Å². The van der Waals surface area contributed by atoms with Crippen LogP contribution < -0.4 is 15.4 Å². The summed E-state index contributed by atoms with van der Waals surface area (Å²) in [4.78, 5) is 28.6. The summed E-state index contributed by atoms with van der Waals surface area (Å²) in [6.07, 6.45) is 2.68. The molecule has 0 bridgehead atoms. The van der Waals surface area contributed by atoms with Crippen molar-refractivity contribution in [2.45, 2.75) is 26.3 Å². The lowest BCUT2D eigenvalue weighted by atomic mass is 10.0. The molecule has 0 aliphatic rings. The third kappa shape index (κ3) is 4.77. The van der Waals surface area contributed by atoms with Gasteiger partial charge in [-0.25, -0.2) is 0 Å². The number of benzene rings is 2. The molecule has 0 radical (unpaired) electrons. The number of H-pyrrole nitrogens is 1. The van der Waals surface area contributed by atoms with Crippen molar-refractivity contribution < 1.29 is 14.3 Å². The number of carbonyl (C=O) groups excluding carboxylic acids is 2. The number of fused-ring (bicyclic) bond motifs is 1. The van der Waals surface area contributed by atoms with E-state index in [2.05, 4.69) is 21.7 Å². The second-order valence-electron chi connectivity index (χ2n) is 7.30. The van der Waals surface area contributed by atoms with Gasteiger partial charge in [0.15, 0.2) is 0 Å². The number of hydrogen-bond donors (Lipinski definition) is 3. The molecule has 0 spiro atoms. The SMILES string of the molecule is COc1ccccc1C(=O)N[C@H](C(=O)NCCc1c[nH]c2ccccc12)C(C)C. The van der Waals surface area contributed by atoms with Gasteiger partial charge in [0.25, 0.3) is 5.91 Å². The predicted molar refractivity (Wildman–Crippen MR) is 114 cm³/mol. The zero-order valence-electron chi connectivity index (χ0n) is 17.0. The van der Waals surface area contributed by atoms with E-state index < -0.39 is 6.04 Å². The molecule has 6 heteroatoms. The first-order valence-electron chi connectivity index (χ1n) is 9.78. The van der Waals surface area contributed by atoms with Crippen LogP contribution in [0.15, 0.2) is 54.7 Å². The maximum absolute atomic E-state index is 12.7. The first-order chi connectivity index (χ1) is 14.0. The van der Waals surface area contributed by atoms with Crippen molar-refractivity contribution in [1.29, 1.82) is 0 Å². The van der Waals surface area contributed by atoms with Gasteiger partial charge >= 0.3 is 0 Å². The topological polar surface area (TPSA) is 83.2 Å². The summed E-state index contributed by atoms with van der Waals surface area (Å²) >= 11 is 0. The van der Waals surface area contributed by atoms with Crippen molar-refractivity contribution >= 4 is 22.7 Å². The van der Waals surface area contributed by atoms with Gasteiger partial charge < -0.3 is 20.4 Å². The average molecular weight is 393 g/mol. The standard InChI is InChI=1S/C23H27N3O3/c1-15(2)21(26-22(27)18-9-5-7-11-20(18)29-3)23(28)24-13-12-16-14-25-19-10-6-4-8-17(16)19/h4-11,14-15,21,25H,12-13H2,1-3H3,(H,24,28)(H,26,27)/t21-/m0/s1. The first kappa shape index (κ1) is 20.5. The highest BCUT2D eigenvalue weighted by molar-refractivity contribution is 5.99. The second kappa shape index (κ2) is 9.28. The number of aromatic amines is 1. The highest BCUT2D eigenvalue weighted by Crippen LogP contribution is 2.19. The molecule has 2 aromatic carbocycles. The van der Waals surface area contributed by atoms with Crippen LogP contribution in [0.3, 0.4) is 0 Å². The summed E-state index contributed by atoms with van der Waals surface area (Å²) in [6, 6.07) is 14.4. The van der Waals surface area contributed by atoms with Crippen molar-refractivity contribution in [3.05, 3.63) is 65.9 Å². The van der Waals surface area contributed by atoms with E-state index in [4.69, 9.17) is 4.74 Å². The summed E-state index contributed by atoms with van der Waals surface area (Å²) in [5, 5.41) is 6.96. The van der Waals surface area contributed by atoms with Gasteiger partial charge in [-0.3, -0.25) is 9.59 Å². The van der Waals surface area contributed by atoms with Gasteiger partial charge in [0, 0.05) is 23.6 Å². The molecule has 0 saturated carbocycles.